The topological polar surface area (TPSA) is 0 Å². The molecule has 0 atom stereocenters. The zero-order valence-electron chi connectivity index (χ0n) is 16.1. The van der Waals surface area contributed by atoms with E-state index in [1.807, 2.05) is 0 Å². The Hall–Kier alpha value is -3.12. The monoisotopic (exact) mass is 360 g/mol. The van der Waals surface area contributed by atoms with Gasteiger partial charge < -0.3 is 0 Å². The fourth-order valence-corrected chi connectivity index (χ4v) is 4.20. The minimum atomic E-state index is 1.07. The van der Waals surface area contributed by atoms with Gasteiger partial charge in [0.2, 0.25) is 0 Å². The second kappa shape index (κ2) is 7.48. The van der Waals surface area contributed by atoms with E-state index in [0.29, 0.717) is 0 Å². The molecule has 0 radical (unpaired) electrons. The van der Waals surface area contributed by atoms with E-state index in [2.05, 4.69) is 97.1 Å². The average molecular weight is 361 g/mol. The number of rotatable bonds is 0. The van der Waals surface area contributed by atoms with E-state index < -0.39 is 0 Å². The van der Waals surface area contributed by atoms with Gasteiger partial charge in [-0.25, -0.2) is 0 Å². The molecule has 0 heteroatoms. The molecule has 0 unspecified atom stereocenters. The van der Waals surface area contributed by atoms with Gasteiger partial charge in [0.05, 0.1) is 0 Å². The maximum Gasteiger partial charge on any atom is -0.0181 e. The van der Waals surface area contributed by atoms with Gasteiger partial charge in [-0.3, -0.25) is 0 Å². The van der Waals surface area contributed by atoms with E-state index >= 15 is 0 Å². The summed E-state index contributed by atoms with van der Waals surface area (Å²) in [5.74, 6) is 0. The number of hydrogen-bond donors (Lipinski definition) is 0. The molecule has 0 spiro atoms. The van der Waals surface area contributed by atoms with Crippen molar-refractivity contribution in [3.63, 3.8) is 0 Å². The van der Waals surface area contributed by atoms with Crippen LogP contribution in [0.15, 0.2) is 97.1 Å². The molecule has 0 aromatic heterocycles. The number of hydrogen-bond acceptors (Lipinski definition) is 0. The fourth-order valence-electron chi connectivity index (χ4n) is 4.20. The van der Waals surface area contributed by atoms with Crippen LogP contribution in [-0.2, 0) is 25.7 Å². The van der Waals surface area contributed by atoms with Crippen LogP contribution in [0.5, 0.6) is 0 Å². The third kappa shape index (κ3) is 3.64. The molecule has 0 nitrogen and oxygen atoms in total. The number of aryl methyl sites for hydroxylation is 4. The van der Waals surface area contributed by atoms with Crippen molar-refractivity contribution in [2.24, 2.45) is 0 Å². The van der Waals surface area contributed by atoms with Gasteiger partial charge in [0.1, 0.15) is 0 Å². The summed E-state index contributed by atoms with van der Waals surface area (Å²) in [4.78, 5) is 0. The Balaban J connectivity index is 1.60. The van der Waals surface area contributed by atoms with Crippen molar-refractivity contribution >= 4 is 0 Å². The van der Waals surface area contributed by atoms with Crippen molar-refractivity contribution in [1.29, 1.82) is 0 Å². The number of benzene rings is 4. The lowest BCUT2D eigenvalue weighted by Gasteiger charge is -2.11. The van der Waals surface area contributed by atoms with Crippen LogP contribution >= 0.6 is 0 Å². The van der Waals surface area contributed by atoms with Crippen molar-refractivity contribution in [3.05, 3.63) is 119 Å². The minimum absolute atomic E-state index is 1.07. The van der Waals surface area contributed by atoms with Gasteiger partial charge in [-0.05, 0) is 70.2 Å². The Morgan fingerprint density at radius 1 is 0.321 bits per heavy atom. The Kier molecular flexibility index (Phi) is 4.54. The molecule has 8 bridgehead atoms. The van der Waals surface area contributed by atoms with Crippen LogP contribution in [0.3, 0.4) is 0 Å². The van der Waals surface area contributed by atoms with Crippen LogP contribution in [0.4, 0.5) is 0 Å². The summed E-state index contributed by atoms with van der Waals surface area (Å²) in [5, 5.41) is 0. The van der Waals surface area contributed by atoms with Crippen LogP contribution in [0.1, 0.15) is 22.3 Å². The quantitative estimate of drug-likeness (QED) is 0.320. The molecule has 28 heavy (non-hydrogen) atoms. The van der Waals surface area contributed by atoms with Gasteiger partial charge in [0, 0.05) is 0 Å². The molecular weight excluding hydrogens is 336 g/mol. The highest BCUT2D eigenvalue weighted by Gasteiger charge is 2.06. The SMILES string of the molecule is c1cc2cc(c1)-c1cccc(c1)CCc1cccc(c1)-c1cccc(c1)CC2. The first-order valence-electron chi connectivity index (χ1n) is 10.2. The second-order valence-corrected chi connectivity index (χ2v) is 7.80. The molecule has 136 valence electrons. The summed E-state index contributed by atoms with van der Waals surface area (Å²) in [7, 11) is 0. The summed E-state index contributed by atoms with van der Waals surface area (Å²) >= 11 is 0. The molecule has 0 N–H and O–H groups in total. The highest BCUT2D eigenvalue weighted by Crippen LogP contribution is 2.26. The first kappa shape index (κ1) is 17.0. The lowest BCUT2D eigenvalue weighted by Crippen LogP contribution is -1.95. The minimum Gasteiger partial charge on any atom is -0.0614 e. The fraction of sp³-hybridized carbons (Fsp3) is 0.143. The average Bonchev–Trinajstić information content (AvgIpc) is 2.77. The first-order chi connectivity index (χ1) is 13.8. The highest BCUT2D eigenvalue weighted by atomic mass is 14.1. The molecule has 0 saturated carbocycles. The van der Waals surface area contributed by atoms with Crippen molar-refractivity contribution in [3.8, 4) is 22.3 Å². The molecule has 0 heterocycles. The third-order valence-corrected chi connectivity index (χ3v) is 5.78. The molecule has 4 aromatic carbocycles. The predicted molar refractivity (Wildman–Crippen MR) is 119 cm³/mol. The highest BCUT2D eigenvalue weighted by molar-refractivity contribution is 5.66. The van der Waals surface area contributed by atoms with E-state index in [0.717, 1.165) is 25.7 Å². The third-order valence-electron chi connectivity index (χ3n) is 5.78. The largest absolute Gasteiger partial charge is 0.0614 e. The Bertz CT molecular complexity index is 938. The van der Waals surface area contributed by atoms with Gasteiger partial charge in [-0.15, -0.1) is 0 Å². The van der Waals surface area contributed by atoms with Crippen LogP contribution in [0.25, 0.3) is 22.3 Å². The van der Waals surface area contributed by atoms with Crippen molar-refractivity contribution < 1.29 is 0 Å². The summed E-state index contributed by atoms with van der Waals surface area (Å²) in [6.45, 7) is 0. The molecule has 0 amide bonds. The molecule has 0 aliphatic heterocycles. The zero-order chi connectivity index (χ0) is 18.8. The van der Waals surface area contributed by atoms with Crippen LogP contribution in [0.2, 0.25) is 0 Å². The lowest BCUT2D eigenvalue weighted by atomic mass is 9.94. The Morgan fingerprint density at radius 2 is 0.571 bits per heavy atom. The Morgan fingerprint density at radius 3 is 0.821 bits per heavy atom. The normalized spacial score (nSPS) is 13.1. The molecule has 0 fully saturated rings. The standard InChI is InChI=1S/C28H24/c1-5-21-13-14-22-7-3-11-27(19-22)28-12-4-8-24(20-28)16-15-23-6-2-10-26(18-23)25(9-1)17-21/h1-12,17-20H,13-16H2. The van der Waals surface area contributed by atoms with Gasteiger partial charge in [0.25, 0.3) is 0 Å². The van der Waals surface area contributed by atoms with Gasteiger partial charge in [0.15, 0.2) is 0 Å². The maximum atomic E-state index is 2.36. The maximum absolute atomic E-state index is 2.36. The van der Waals surface area contributed by atoms with Crippen LogP contribution in [-0.4, -0.2) is 0 Å². The first-order valence-corrected chi connectivity index (χ1v) is 10.2. The number of fused-ring (bicyclic) bond motifs is 10. The summed E-state index contributed by atoms with van der Waals surface area (Å²) in [6.07, 6.45) is 4.27. The van der Waals surface area contributed by atoms with E-state index in [-0.39, 0.29) is 0 Å². The van der Waals surface area contributed by atoms with Gasteiger partial charge in [-0.1, -0.05) is 97.1 Å². The van der Waals surface area contributed by atoms with E-state index in [9.17, 15) is 0 Å². The van der Waals surface area contributed by atoms with Crippen LogP contribution in [0, 0.1) is 0 Å². The molecule has 1 aliphatic rings. The summed E-state index contributed by atoms with van der Waals surface area (Å²) in [5.41, 5.74) is 10.9. The van der Waals surface area contributed by atoms with Crippen molar-refractivity contribution in [2.75, 3.05) is 0 Å². The smallest absolute Gasteiger partial charge is 0.0181 e. The predicted octanol–water partition coefficient (Wildman–Crippen LogP) is 6.90. The molecule has 5 rings (SSSR count). The van der Waals surface area contributed by atoms with Crippen molar-refractivity contribution in [1.82, 2.24) is 0 Å². The van der Waals surface area contributed by atoms with Crippen LogP contribution < -0.4 is 0 Å². The lowest BCUT2D eigenvalue weighted by molar-refractivity contribution is 0.956. The molecular formula is C28H24. The van der Waals surface area contributed by atoms with Crippen molar-refractivity contribution in [2.45, 2.75) is 25.7 Å². The van der Waals surface area contributed by atoms with E-state index in [1.54, 1.807) is 0 Å². The summed E-state index contributed by atoms with van der Waals surface area (Å²) in [6, 6.07) is 36.2. The second-order valence-electron chi connectivity index (χ2n) is 7.80. The van der Waals surface area contributed by atoms with Gasteiger partial charge in [-0.2, -0.15) is 0 Å². The van der Waals surface area contributed by atoms with E-state index in [4.69, 9.17) is 0 Å². The molecule has 4 aromatic rings. The Labute approximate surface area is 167 Å². The van der Waals surface area contributed by atoms with Gasteiger partial charge >= 0.3 is 0 Å². The van der Waals surface area contributed by atoms with E-state index in [1.165, 1.54) is 44.5 Å². The summed E-state index contributed by atoms with van der Waals surface area (Å²) < 4.78 is 0. The molecule has 0 saturated heterocycles. The molecule has 1 aliphatic carbocycles. The zero-order valence-corrected chi connectivity index (χ0v) is 16.1.